The van der Waals surface area contributed by atoms with Gasteiger partial charge in [0.05, 0.1) is 0 Å². The lowest BCUT2D eigenvalue weighted by molar-refractivity contribution is 0.107. The van der Waals surface area contributed by atoms with Crippen molar-refractivity contribution in [2.24, 2.45) is 4.99 Å². The summed E-state index contributed by atoms with van der Waals surface area (Å²) in [6.45, 7) is 13.5. The number of nitrogens with zero attached hydrogens (tertiary/aromatic N) is 4. The van der Waals surface area contributed by atoms with Gasteiger partial charge < -0.3 is 20.4 Å². The molecular weight excluding hydrogens is 336 g/mol. The Morgan fingerprint density at radius 3 is 2.56 bits per heavy atom. The van der Waals surface area contributed by atoms with E-state index in [1.807, 2.05) is 7.05 Å². The van der Waals surface area contributed by atoms with Gasteiger partial charge in [-0.3, -0.25) is 9.89 Å². The summed E-state index contributed by atoms with van der Waals surface area (Å²) >= 11 is 0. The van der Waals surface area contributed by atoms with E-state index in [-0.39, 0.29) is 0 Å². The summed E-state index contributed by atoms with van der Waals surface area (Å²) in [7, 11) is 1.87. The zero-order valence-corrected chi connectivity index (χ0v) is 17.2. The average molecular weight is 373 g/mol. The fraction of sp³-hybridized carbons (Fsp3) is 0.667. The maximum absolute atomic E-state index is 4.44. The predicted octanol–water partition coefficient (Wildman–Crippen LogP) is 1.46. The van der Waals surface area contributed by atoms with Crippen molar-refractivity contribution in [2.75, 3.05) is 64.3 Å². The number of likely N-dealkylation sites (N-methyl/N-ethyl adjacent to an activating group) is 1. The second-order valence-electron chi connectivity index (χ2n) is 7.68. The molecule has 2 N–H and O–H groups in total. The van der Waals surface area contributed by atoms with Gasteiger partial charge in [0.2, 0.25) is 0 Å². The van der Waals surface area contributed by atoms with Crippen molar-refractivity contribution in [3.8, 4) is 0 Å². The summed E-state index contributed by atoms with van der Waals surface area (Å²) in [4.78, 5) is 12.0. The molecule has 2 saturated heterocycles. The van der Waals surface area contributed by atoms with Gasteiger partial charge in [0.1, 0.15) is 0 Å². The van der Waals surface area contributed by atoms with E-state index in [1.54, 1.807) is 0 Å². The summed E-state index contributed by atoms with van der Waals surface area (Å²) in [6.07, 6.45) is 1.14. The van der Waals surface area contributed by atoms with E-state index in [4.69, 9.17) is 0 Å². The number of hydrogen-bond acceptors (Lipinski definition) is 4. The SMILES string of the molecule is CCN1CCN(C(C)CNC(=NC)NC2CCN(c3ccccc3)C2)CC1. The number of guanidine groups is 1. The third-order valence-electron chi connectivity index (χ3n) is 5.92. The minimum atomic E-state index is 0.444. The van der Waals surface area contributed by atoms with Crippen molar-refractivity contribution in [3.05, 3.63) is 30.3 Å². The predicted molar refractivity (Wildman–Crippen MR) is 115 cm³/mol. The molecule has 2 heterocycles. The van der Waals surface area contributed by atoms with E-state index in [2.05, 4.69) is 74.5 Å². The molecule has 0 bridgehead atoms. The van der Waals surface area contributed by atoms with Crippen LogP contribution in [0.25, 0.3) is 0 Å². The lowest BCUT2D eigenvalue weighted by Gasteiger charge is -2.37. The summed E-state index contributed by atoms with van der Waals surface area (Å²) in [5.41, 5.74) is 1.31. The molecule has 0 amide bonds. The highest BCUT2D eigenvalue weighted by Gasteiger charge is 2.24. The van der Waals surface area contributed by atoms with Gasteiger partial charge in [0.25, 0.3) is 0 Å². The molecule has 0 spiro atoms. The van der Waals surface area contributed by atoms with E-state index in [9.17, 15) is 0 Å². The molecule has 3 rings (SSSR count). The molecule has 2 aliphatic rings. The zero-order valence-electron chi connectivity index (χ0n) is 17.2. The van der Waals surface area contributed by atoms with Crippen LogP contribution in [0, 0.1) is 0 Å². The van der Waals surface area contributed by atoms with E-state index in [0.29, 0.717) is 12.1 Å². The van der Waals surface area contributed by atoms with E-state index < -0.39 is 0 Å². The van der Waals surface area contributed by atoms with Crippen molar-refractivity contribution in [2.45, 2.75) is 32.4 Å². The Kier molecular flexibility index (Phi) is 7.35. The first kappa shape index (κ1) is 20.0. The Labute approximate surface area is 164 Å². The molecule has 2 atom stereocenters. The summed E-state index contributed by atoms with van der Waals surface area (Å²) < 4.78 is 0. The molecule has 0 radical (unpaired) electrons. The van der Waals surface area contributed by atoms with Gasteiger partial charge in [-0.15, -0.1) is 0 Å². The van der Waals surface area contributed by atoms with Crippen LogP contribution in [0.3, 0.4) is 0 Å². The maximum Gasteiger partial charge on any atom is 0.191 e. The number of aliphatic imine (C=N–C) groups is 1. The van der Waals surface area contributed by atoms with Crippen LogP contribution in [0.15, 0.2) is 35.3 Å². The van der Waals surface area contributed by atoms with Gasteiger partial charge in [-0.25, -0.2) is 0 Å². The van der Waals surface area contributed by atoms with Crippen molar-refractivity contribution < 1.29 is 0 Å². The molecule has 6 nitrogen and oxygen atoms in total. The van der Waals surface area contributed by atoms with Crippen LogP contribution in [0.1, 0.15) is 20.3 Å². The largest absolute Gasteiger partial charge is 0.369 e. The molecule has 6 heteroatoms. The summed E-state index contributed by atoms with van der Waals surface area (Å²) in [6, 6.07) is 11.6. The lowest BCUT2D eigenvalue weighted by Crippen LogP contribution is -2.53. The van der Waals surface area contributed by atoms with Crippen molar-refractivity contribution in [3.63, 3.8) is 0 Å². The molecular formula is C21H36N6. The van der Waals surface area contributed by atoms with Crippen LogP contribution in [0.5, 0.6) is 0 Å². The molecule has 1 aromatic rings. The maximum atomic E-state index is 4.44. The number of benzene rings is 1. The van der Waals surface area contributed by atoms with Crippen LogP contribution in [0.2, 0.25) is 0 Å². The second kappa shape index (κ2) is 9.95. The number of para-hydroxylation sites is 1. The first-order valence-electron chi connectivity index (χ1n) is 10.4. The number of piperazine rings is 1. The van der Waals surface area contributed by atoms with E-state index in [0.717, 1.165) is 45.1 Å². The molecule has 0 aliphatic carbocycles. The smallest absolute Gasteiger partial charge is 0.191 e. The van der Waals surface area contributed by atoms with Gasteiger partial charge in [-0.2, -0.15) is 0 Å². The molecule has 150 valence electrons. The minimum Gasteiger partial charge on any atom is -0.369 e. The van der Waals surface area contributed by atoms with Crippen LogP contribution in [-0.2, 0) is 0 Å². The fourth-order valence-corrected chi connectivity index (χ4v) is 4.03. The summed E-state index contributed by atoms with van der Waals surface area (Å²) in [5.74, 6) is 0.925. The van der Waals surface area contributed by atoms with E-state index in [1.165, 1.54) is 25.3 Å². The number of anilines is 1. The van der Waals surface area contributed by atoms with E-state index >= 15 is 0 Å². The lowest BCUT2D eigenvalue weighted by atomic mass is 10.2. The minimum absolute atomic E-state index is 0.444. The van der Waals surface area contributed by atoms with Crippen LogP contribution >= 0.6 is 0 Å². The standard InChI is InChI=1S/C21H36N6/c1-4-25-12-14-26(15-13-25)18(2)16-23-21(22-3)24-19-10-11-27(17-19)20-8-6-5-7-9-20/h5-9,18-19H,4,10-17H2,1-3H3,(H2,22,23,24). The number of nitrogens with one attached hydrogen (secondary N) is 2. The van der Waals surface area contributed by atoms with Crippen molar-refractivity contribution >= 4 is 11.6 Å². The Balaban J connectivity index is 1.41. The second-order valence-corrected chi connectivity index (χ2v) is 7.68. The quantitative estimate of drug-likeness (QED) is 0.585. The fourth-order valence-electron chi connectivity index (χ4n) is 4.03. The van der Waals surface area contributed by atoms with Gasteiger partial charge >= 0.3 is 0 Å². The number of hydrogen-bond donors (Lipinski definition) is 2. The third kappa shape index (κ3) is 5.59. The molecule has 2 aliphatic heterocycles. The third-order valence-corrected chi connectivity index (χ3v) is 5.92. The molecule has 27 heavy (non-hydrogen) atoms. The molecule has 2 unspecified atom stereocenters. The van der Waals surface area contributed by atoms with Crippen LogP contribution in [-0.4, -0.2) is 87.2 Å². The topological polar surface area (TPSA) is 46.1 Å². The van der Waals surface area contributed by atoms with Crippen LogP contribution in [0.4, 0.5) is 5.69 Å². The first-order chi connectivity index (χ1) is 13.2. The monoisotopic (exact) mass is 372 g/mol. The van der Waals surface area contributed by atoms with Gasteiger partial charge in [0.15, 0.2) is 5.96 Å². The molecule has 0 aromatic heterocycles. The van der Waals surface area contributed by atoms with Gasteiger partial charge in [-0.1, -0.05) is 25.1 Å². The first-order valence-corrected chi connectivity index (χ1v) is 10.4. The van der Waals surface area contributed by atoms with Gasteiger partial charge in [0, 0.05) is 70.6 Å². The Hall–Kier alpha value is -1.79. The van der Waals surface area contributed by atoms with Crippen LogP contribution < -0.4 is 15.5 Å². The normalized spacial score (nSPS) is 23.4. The highest BCUT2D eigenvalue weighted by molar-refractivity contribution is 5.80. The number of rotatable bonds is 6. The Morgan fingerprint density at radius 1 is 1.15 bits per heavy atom. The Bertz CT molecular complexity index is 582. The average Bonchev–Trinajstić information content (AvgIpc) is 3.20. The highest BCUT2D eigenvalue weighted by Crippen LogP contribution is 2.19. The van der Waals surface area contributed by atoms with Gasteiger partial charge in [-0.05, 0) is 32.0 Å². The van der Waals surface area contributed by atoms with Crippen molar-refractivity contribution in [1.29, 1.82) is 0 Å². The molecule has 1 aromatic carbocycles. The zero-order chi connectivity index (χ0) is 19.1. The molecule has 2 fully saturated rings. The Morgan fingerprint density at radius 2 is 1.89 bits per heavy atom. The highest BCUT2D eigenvalue weighted by atomic mass is 15.3. The summed E-state index contributed by atoms with van der Waals surface area (Å²) in [5, 5.41) is 7.15. The van der Waals surface area contributed by atoms with Crippen molar-refractivity contribution in [1.82, 2.24) is 20.4 Å². The molecule has 0 saturated carbocycles.